The molecule has 90 valence electrons. The van der Waals surface area contributed by atoms with Crippen LogP contribution in [0.15, 0.2) is 18.2 Å². The first-order valence-electron chi connectivity index (χ1n) is 4.53. The molecular formula is C9H12ClFN2O2S. The van der Waals surface area contributed by atoms with Gasteiger partial charge in [0.15, 0.2) is 0 Å². The SMILES string of the molecule is CC(CN)S(=O)(=O)Nc1cc(F)cc(Cl)c1. The second-order valence-corrected chi connectivity index (χ2v) is 5.89. The first-order valence-corrected chi connectivity index (χ1v) is 6.45. The number of nitrogens with one attached hydrogen (secondary N) is 1. The minimum absolute atomic E-state index is 0.0155. The standard InChI is InChI=1S/C9H12ClFN2O2S/c1-6(5-12)16(14,15)13-9-3-7(10)2-8(11)4-9/h2-4,6,13H,5,12H2,1H3. The summed E-state index contributed by atoms with van der Waals surface area (Å²) in [5, 5.41) is -0.632. The van der Waals surface area contributed by atoms with E-state index >= 15 is 0 Å². The second kappa shape index (κ2) is 4.99. The third-order valence-corrected chi connectivity index (χ3v) is 3.97. The van der Waals surface area contributed by atoms with Crippen LogP contribution in [0, 0.1) is 5.82 Å². The summed E-state index contributed by atoms with van der Waals surface area (Å²) in [6.45, 7) is 1.45. The second-order valence-electron chi connectivity index (χ2n) is 3.35. The highest BCUT2D eigenvalue weighted by Gasteiger charge is 2.19. The van der Waals surface area contributed by atoms with E-state index in [0.29, 0.717) is 0 Å². The summed E-state index contributed by atoms with van der Waals surface area (Å²) >= 11 is 5.59. The molecule has 16 heavy (non-hydrogen) atoms. The Balaban J connectivity index is 2.97. The maximum Gasteiger partial charge on any atom is 0.236 e. The Morgan fingerprint density at radius 1 is 1.50 bits per heavy atom. The first-order chi connectivity index (χ1) is 7.35. The number of halogens is 2. The summed E-state index contributed by atoms with van der Waals surface area (Å²) in [4.78, 5) is 0. The Hall–Kier alpha value is -0.850. The molecule has 1 aromatic carbocycles. The van der Waals surface area contributed by atoms with Crippen molar-refractivity contribution in [2.24, 2.45) is 5.73 Å². The van der Waals surface area contributed by atoms with Gasteiger partial charge in [-0.3, -0.25) is 4.72 Å². The molecule has 0 saturated heterocycles. The van der Waals surface area contributed by atoms with E-state index in [1.807, 2.05) is 0 Å². The Kier molecular flexibility index (Phi) is 4.12. The lowest BCUT2D eigenvalue weighted by molar-refractivity contribution is 0.589. The number of rotatable bonds is 4. The molecule has 0 bridgehead atoms. The van der Waals surface area contributed by atoms with Crippen LogP contribution in [0.4, 0.5) is 10.1 Å². The van der Waals surface area contributed by atoms with E-state index in [0.717, 1.165) is 12.1 Å². The van der Waals surface area contributed by atoms with Crippen LogP contribution in [0.3, 0.4) is 0 Å². The molecule has 0 heterocycles. The van der Waals surface area contributed by atoms with Gasteiger partial charge in [0, 0.05) is 11.6 Å². The van der Waals surface area contributed by atoms with Crippen LogP contribution in [-0.2, 0) is 10.0 Å². The highest BCUT2D eigenvalue weighted by atomic mass is 35.5. The predicted octanol–water partition coefficient (Wildman–Crippen LogP) is 1.57. The van der Waals surface area contributed by atoms with Gasteiger partial charge < -0.3 is 5.73 Å². The Bertz CT molecular complexity index is 458. The van der Waals surface area contributed by atoms with Crippen molar-refractivity contribution in [3.63, 3.8) is 0 Å². The molecule has 0 aliphatic heterocycles. The van der Waals surface area contributed by atoms with Crippen molar-refractivity contribution in [2.45, 2.75) is 12.2 Å². The summed E-state index contributed by atoms with van der Waals surface area (Å²) in [5.41, 5.74) is 5.34. The number of nitrogens with two attached hydrogens (primary N) is 1. The van der Waals surface area contributed by atoms with Crippen LogP contribution >= 0.6 is 11.6 Å². The van der Waals surface area contributed by atoms with Crippen molar-refractivity contribution in [1.82, 2.24) is 0 Å². The average molecular weight is 267 g/mol. The average Bonchev–Trinajstić information content (AvgIpc) is 2.13. The first kappa shape index (κ1) is 13.2. The van der Waals surface area contributed by atoms with Crippen molar-refractivity contribution in [2.75, 3.05) is 11.3 Å². The van der Waals surface area contributed by atoms with E-state index in [4.69, 9.17) is 17.3 Å². The van der Waals surface area contributed by atoms with Gasteiger partial charge in [0.1, 0.15) is 5.82 Å². The number of sulfonamides is 1. The minimum atomic E-state index is -3.60. The molecule has 0 saturated carbocycles. The molecule has 1 atom stereocenters. The molecule has 0 amide bonds. The summed E-state index contributed by atoms with van der Waals surface area (Å²) in [7, 11) is -3.60. The number of anilines is 1. The van der Waals surface area contributed by atoms with Gasteiger partial charge in [0.05, 0.1) is 10.9 Å². The van der Waals surface area contributed by atoms with E-state index in [1.54, 1.807) is 0 Å². The molecule has 0 aliphatic carbocycles. The summed E-state index contributed by atoms with van der Waals surface area (Å²) < 4.78 is 38.4. The molecule has 0 aromatic heterocycles. The summed E-state index contributed by atoms with van der Waals surface area (Å²) in [6, 6.07) is 3.46. The third-order valence-electron chi connectivity index (χ3n) is 1.98. The molecule has 0 aliphatic rings. The largest absolute Gasteiger partial charge is 0.329 e. The number of benzene rings is 1. The van der Waals surface area contributed by atoms with Crippen LogP contribution in [0.5, 0.6) is 0 Å². The van der Waals surface area contributed by atoms with Gasteiger partial charge in [-0.05, 0) is 25.1 Å². The van der Waals surface area contributed by atoms with Crippen molar-refractivity contribution in [1.29, 1.82) is 0 Å². The summed E-state index contributed by atoms with van der Waals surface area (Å²) in [5.74, 6) is -0.606. The highest BCUT2D eigenvalue weighted by molar-refractivity contribution is 7.93. The van der Waals surface area contributed by atoms with Gasteiger partial charge in [-0.15, -0.1) is 0 Å². The monoisotopic (exact) mass is 266 g/mol. The van der Waals surface area contributed by atoms with Gasteiger partial charge in [-0.2, -0.15) is 0 Å². The van der Waals surface area contributed by atoms with Crippen LogP contribution in [-0.4, -0.2) is 20.2 Å². The van der Waals surface area contributed by atoms with Gasteiger partial charge in [-0.25, -0.2) is 12.8 Å². The van der Waals surface area contributed by atoms with E-state index in [2.05, 4.69) is 4.72 Å². The van der Waals surface area contributed by atoms with Gasteiger partial charge >= 0.3 is 0 Å². The zero-order valence-corrected chi connectivity index (χ0v) is 10.1. The molecule has 7 heteroatoms. The Morgan fingerprint density at radius 2 is 2.12 bits per heavy atom. The van der Waals surface area contributed by atoms with Crippen LogP contribution in [0.1, 0.15) is 6.92 Å². The quantitative estimate of drug-likeness (QED) is 0.869. The molecule has 4 nitrogen and oxygen atoms in total. The minimum Gasteiger partial charge on any atom is -0.329 e. The van der Waals surface area contributed by atoms with E-state index < -0.39 is 21.1 Å². The third kappa shape index (κ3) is 3.33. The van der Waals surface area contributed by atoms with Crippen LogP contribution in [0.2, 0.25) is 5.02 Å². The fourth-order valence-corrected chi connectivity index (χ4v) is 2.13. The predicted molar refractivity (Wildman–Crippen MR) is 62.5 cm³/mol. The lowest BCUT2D eigenvalue weighted by Crippen LogP contribution is -2.31. The van der Waals surface area contributed by atoms with E-state index in [1.165, 1.54) is 13.0 Å². The molecule has 1 rings (SSSR count). The highest BCUT2D eigenvalue weighted by Crippen LogP contribution is 2.19. The van der Waals surface area contributed by atoms with Gasteiger partial charge in [0.2, 0.25) is 10.0 Å². The number of hydrogen-bond acceptors (Lipinski definition) is 3. The van der Waals surface area contributed by atoms with Crippen molar-refractivity contribution in [3.05, 3.63) is 29.0 Å². The maximum absolute atomic E-state index is 12.9. The van der Waals surface area contributed by atoms with Crippen molar-refractivity contribution in [3.8, 4) is 0 Å². The van der Waals surface area contributed by atoms with E-state index in [-0.39, 0.29) is 17.3 Å². The lowest BCUT2D eigenvalue weighted by Gasteiger charge is -2.13. The number of hydrogen-bond donors (Lipinski definition) is 2. The van der Waals surface area contributed by atoms with Crippen LogP contribution in [0.25, 0.3) is 0 Å². The Labute approximate surface area is 98.6 Å². The molecular weight excluding hydrogens is 255 g/mol. The summed E-state index contributed by atoms with van der Waals surface area (Å²) in [6.07, 6.45) is 0. The normalized spacial score (nSPS) is 13.5. The molecule has 0 fully saturated rings. The zero-order chi connectivity index (χ0) is 12.3. The maximum atomic E-state index is 12.9. The fraction of sp³-hybridized carbons (Fsp3) is 0.333. The Morgan fingerprint density at radius 3 is 2.62 bits per heavy atom. The molecule has 0 spiro atoms. The zero-order valence-electron chi connectivity index (χ0n) is 8.57. The molecule has 3 N–H and O–H groups in total. The lowest BCUT2D eigenvalue weighted by atomic mass is 10.3. The van der Waals surface area contributed by atoms with Gasteiger partial charge in [-0.1, -0.05) is 11.6 Å². The van der Waals surface area contributed by atoms with Crippen LogP contribution < -0.4 is 10.5 Å². The molecule has 1 aromatic rings. The van der Waals surface area contributed by atoms with Crippen molar-refractivity contribution < 1.29 is 12.8 Å². The topological polar surface area (TPSA) is 72.2 Å². The van der Waals surface area contributed by atoms with Gasteiger partial charge in [0.25, 0.3) is 0 Å². The van der Waals surface area contributed by atoms with E-state index in [9.17, 15) is 12.8 Å². The smallest absolute Gasteiger partial charge is 0.236 e. The molecule has 0 radical (unpaired) electrons. The molecule has 1 unspecified atom stereocenters. The van der Waals surface area contributed by atoms with Crippen molar-refractivity contribution >= 4 is 27.3 Å². The fourth-order valence-electron chi connectivity index (χ4n) is 1.00.